The maximum absolute atomic E-state index is 11.8. The van der Waals surface area contributed by atoms with Gasteiger partial charge in [0.2, 0.25) is 10.0 Å². The Morgan fingerprint density at radius 3 is 2.56 bits per heavy atom. The Morgan fingerprint density at radius 1 is 1.44 bits per heavy atom. The smallest absolute Gasteiger partial charge is 0.244 e. The Hall–Kier alpha value is -0.850. The highest BCUT2D eigenvalue weighted by Crippen LogP contribution is 2.14. The van der Waals surface area contributed by atoms with Gasteiger partial charge >= 0.3 is 0 Å². The zero-order chi connectivity index (χ0) is 12.3. The lowest BCUT2D eigenvalue weighted by molar-refractivity contribution is 0.521. The molecule has 1 aromatic heterocycles. The molecule has 0 atom stereocenters. The van der Waals surface area contributed by atoms with Crippen molar-refractivity contribution in [1.29, 1.82) is 0 Å². The number of aromatic nitrogens is 1. The van der Waals surface area contributed by atoms with Crippen molar-refractivity contribution in [3.8, 4) is 0 Å². The van der Waals surface area contributed by atoms with E-state index in [9.17, 15) is 8.42 Å². The van der Waals surface area contributed by atoms with Crippen LogP contribution in [-0.2, 0) is 16.6 Å². The SMILES string of the molecule is CC(C)NCc1cc(S(=O)(=O)N(C)C)c[nH]1. The first-order chi connectivity index (χ1) is 7.34. The molecule has 5 nitrogen and oxygen atoms in total. The molecule has 16 heavy (non-hydrogen) atoms. The summed E-state index contributed by atoms with van der Waals surface area (Å²) >= 11 is 0. The van der Waals surface area contributed by atoms with Crippen LogP contribution in [0.2, 0.25) is 0 Å². The predicted molar refractivity (Wildman–Crippen MR) is 63.6 cm³/mol. The van der Waals surface area contributed by atoms with E-state index in [-0.39, 0.29) is 0 Å². The van der Waals surface area contributed by atoms with Crippen molar-refractivity contribution >= 4 is 10.0 Å². The number of nitrogens with one attached hydrogen (secondary N) is 2. The standard InChI is InChI=1S/C10H19N3O2S/c1-8(2)11-6-9-5-10(7-12-9)16(14,15)13(3)4/h5,7-8,11-12H,6H2,1-4H3. The number of H-pyrrole nitrogens is 1. The molecule has 0 aliphatic heterocycles. The van der Waals surface area contributed by atoms with E-state index in [0.29, 0.717) is 17.5 Å². The number of aromatic amines is 1. The maximum atomic E-state index is 11.8. The van der Waals surface area contributed by atoms with Gasteiger partial charge in [-0.2, -0.15) is 0 Å². The van der Waals surface area contributed by atoms with Gasteiger partial charge in [-0.05, 0) is 6.07 Å². The molecule has 6 heteroatoms. The molecular weight excluding hydrogens is 226 g/mol. The molecule has 92 valence electrons. The molecule has 1 aromatic rings. The Labute approximate surface area is 96.9 Å². The second-order valence-electron chi connectivity index (χ2n) is 4.18. The fraction of sp³-hybridized carbons (Fsp3) is 0.600. The number of nitrogens with zero attached hydrogens (tertiary/aromatic N) is 1. The lowest BCUT2D eigenvalue weighted by atomic mass is 10.3. The van der Waals surface area contributed by atoms with Crippen LogP contribution in [0.4, 0.5) is 0 Å². The summed E-state index contributed by atoms with van der Waals surface area (Å²) in [5.41, 5.74) is 0.870. The Morgan fingerprint density at radius 2 is 2.06 bits per heavy atom. The minimum Gasteiger partial charge on any atom is -0.363 e. The number of rotatable bonds is 5. The molecule has 0 aliphatic rings. The molecule has 2 N–H and O–H groups in total. The molecule has 0 unspecified atom stereocenters. The zero-order valence-electron chi connectivity index (χ0n) is 10.1. The summed E-state index contributed by atoms with van der Waals surface area (Å²) < 4.78 is 24.7. The number of hydrogen-bond donors (Lipinski definition) is 2. The summed E-state index contributed by atoms with van der Waals surface area (Å²) in [5, 5.41) is 3.22. The van der Waals surface area contributed by atoms with Gasteiger partial charge in [-0.1, -0.05) is 13.8 Å². The second kappa shape index (κ2) is 4.99. The van der Waals surface area contributed by atoms with E-state index in [1.165, 1.54) is 24.6 Å². The molecule has 0 fully saturated rings. The van der Waals surface area contributed by atoms with E-state index in [1.54, 1.807) is 6.07 Å². The van der Waals surface area contributed by atoms with Crippen LogP contribution in [0.3, 0.4) is 0 Å². The highest BCUT2D eigenvalue weighted by atomic mass is 32.2. The normalized spacial score (nSPS) is 12.6. The van der Waals surface area contributed by atoms with Gasteiger partial charge in [-0.15, -0.1) is 0 Å². The van der Waals surface area contributed by atoms with Crippen LogP contribution >= 0.6 is 0 Å². The predicted octanol–water partition coefficient (Wildman–Crippen LogP) is 0.763. The van der Waals surface area contributed by atoms with Crippen molar-refractivity contribution in [2.75, 3.05) is 14.1 Å². The van der Waals surface area contributed by atoms with Gasteiger partial charge in [0.05, 0.1) is 4.90 Å². The average molecular weight is 245 g/mol. The van der Waals surface area contributed by atoms with Crippen molar-refractivity contribution in [3.63, 3.8) is 0 Å². The molecule has 0 amide bonds. The van der Waals surface area contributed by atoms with Gasteiger partial charge in [0, 0.05) is 38.6 Å². The molecule has 0 spiro atoms. The summed E-state index contributed by atoms with van der Waals surface area (Å²) in [4.78, 5) is 3.26. The number of hydrogen-bond acceptors (Lipinski definition) is 3. The van der Waals surface area contributed by atoms with E-state index in [2.05, 4.69) is 10.3 Å². The lowest BCUT2D eigenvalue weighted by Crippen LogP contribution is -2.22. The van der Waals surface area contributed by atoms with E-state index < -0.39 is 10.0 Å². The quantitative estimate of drug-likeness (QED) is 0.805. The molecule has 0 bridgehead atoms. The summed E-state index contributed by atoms with van der Waals surface area (Å²) in [6.45, 7) is 4.72. The maximum Gasteiger partial charge on any atom is 0.244 e. The highest BCUT2D eigenvalue weighted by molar-refractivity contribution is 7.89. The largest absolute Gasteiger partial charge is 0.363 e. The van der Waals surface area contributed by atoms with E-state index in [4.69, 9.17) is 0 Å². The van der Waals surface area contributed by atoms with Crippen LogP contribution in [-0.4, -0.2) is 37.8 Å². The fourth-order valence-electron chi connectivity index (χ4n) is 1.19. The average Bonchev–Trinajstić information content (AvgIpc) is 2.63. The molecule has 0 radical (unpaired) electrons. The van der Waals surface area contributed by atoms with Gasteiger partial charge in [0.1, 0.15) is 0 Å². The molecular formula is C10H19N3O2S. The van der Waals surface area contributed by atoms with Crippen molar-refractivity contribution in [2.45, 2.75) is 31.3 Å². The van der Waals surface area contributed by atoms with E-state index in [0.717, 1.165) is 5.69 Å². The van der Waals surface area contributed by atoms with Crippen molar-refractivity contribution in [1.82, 2.24) is 14.6 Å². The van der Waals surface area contributed by atoms with Crippen LogP contribution in [0, 0.1) is 0 Å². The first-order valence-electron chi connectivity index (χ1n) is 5.17. The van der Waals surface area contributed by atoms with Crippen molar-refractivity contribution in [2.24, 2.45) is 0 Å². The van der Waals surface area contributed by atoms with Crippen LogP contribution < -0.4 is 5.32 Å². The van der Waals surface area contributed by atoms with Crippen LogP contribution in [0.15, 0.2) is 17.2 Å². The van der Waals surface area contributed by atoms with Gasteiger partial charge in [0.15, 0.2) is 0 Å². The number of sulfonamides is 1. The first kappa shape index (κ1) is 13.2. The fourth-order valence-corrected chi connectivity index (χ4v) is 2.12. The van der Waals surface area contributed by atoms with Crippen LogP contribution in [0.25, 0.3) is 0 Å². The van der Waals surface area contributed by atoms with Crippen molar-refractivity contribution in [3.05, 3.63) is 18.0 Å². The molecule has 0 aliphatic carbocycles. The summed E-state index contributed by atoms with van der Waals surface area (Å²) in [5.74, 6) is 0. The van der Waals surface area contributed by atoms with Crippen molar-refractivity contribution < 1.29 is 8.42 Å². The lowest BCUT2D eigenvalue weighted by Gasteiger charge is -2.08. The first-order valence-corrected chi connectivity index (χ1v) is 6.61. The van der Waals surface area contributed by atoms with Gasteiger partial charge in [-0.3, -0.25) is 0 Å². The monoisotopic (exact) mass is 245 g/mol. The zero-order valence-corrected chi connectivity index (χ0v) is 10.9. The summed E-state index contributed by atoms with van der Waals surface area (Å²) in [6, 6.07) is 2.03. The summed E-state index contributed by atoms with van der Waals surface area (Å²) in [7, 11) is -0.276. The third-order valence-electron chi connectivity index (χ3n) is 2.20. The second-order valence-corrected chi connectivity index (χ2v) is 6.34. The van der Waals surface area contributed by atoms with Gasteiger partial charge in [-0.25, -0.2) is 12.7 Å². The molecule has 0 saturated carbocycles. The van der Waals surface area contributed by atoms with Crippen LogP contribution in [0.5, 0.6) is 0 Å². The van der Waals surface area contributed by atoms with Gasteiger partial charge in [0.25, 0.3) is 0 Å². The molecule has 1 heterocycles. The minimum absolute atomic E-state index is 0.304. The Balaban J connectivity index is 2.80. The Kier molecular flexibility index (Phi) is 4.12. The highest BCUT2D eigenvalue weighted by Gasteiger charge is 2.18. The molecule has 0 aromatic carbocycles. The topological polar surface area (TPSA) is 65.2 Å². The van der Waals surface area contributed by atoms with E-state index in [1.807, 2.05) is 13.8 Å². The van der Waals surface area contributed by atoms with E-state index >= 15 is 0 Å². The third kappa shape index (κ3) is 3.07. The van der Waals surface area contributed by atoms with Crippen LogP contribution in [0.1, 0.15) is 19.5 Å². The van der Waals surface area contributed by atoms with Gasteiger partial charge < -0.3 is 10.3 Å². The molecule has 1 rings (SSSR count). The molecule has 0 saturated heterocycles. The third-order valence-corrected chi connectivity index (χ3v) is 3.99. The minimum atomic E-state index is -3.32. The summed E-state index contributed by atoms with van der Waals surface area (Å²) in [6.07, 6.45) is 1.52. The Bertz CT molecular complexity index is 435.